The molecule has 2 aromatic carbocycles. The molecule has 0 aliphatic heterocycles. The van der Waals surface area contributed by atoms with Crippen molar-refractivity contribution in [2.75, 3.05) is 12.4 Å². The van der Waals surface area contributed by atoms with Gasteiger partial charge in [-0.25, -0.2) is 4.98 Å². The Morgan fingerprint density at radius 2 is 1.92 bits per heavy atom. The number of nitrogens with zero attached hydrogens (tertiary/aromatic N) is 2. The molecule has 0 spiro atoms. The molecule has 0 fully saturated rings. The number of ether oxygens (including phenoxy) is 2. The van der Waals surface area contributed by atoms with E-state index in [1.165, 1.54) is 6.33 Å². The van der Waals surface area contributed by atoms with Gasteiger partial charge in [0.05, 0.1) is 7.11 Å². The van der Waals surface area contributed by atoms with E-state index in [1.54, 1.807) is 44.4 Å². The zero-order chi connectivity index (χ0) is 17.6. The molecule has 0 aliphatic rings. The molecule has 7 nitrogen and oxygen atoms in total. The van der Waals surface area contributed by atoms with Gasteiger partial charge < -0.3 is 14.8 Å². The molecule has 0 saturated heterocycles. The number of amides is 1. The number of rotatable bonds is 6. The van der Waals surface area contributed by atoms with Crippen molar-refractivity contribution in [2.24, 2.45) is 0 Å². The lowest BCUT2D eigenvalue weighted by Gasteiger charge is -2.15. The maximum Gasteiger partial charge on any atom is 0.265 e. The van der Waals surface area contributed by atoms with Gasteiger partial charge >= 0.3 is 0 Å². The van der Waals surface area contributed by atoms with Crippen LogP contribution in [0.15, 0.2) is 54.9 Å². The molecule has 3 aromatic rings. The highest BCUT2D eigenvalue weighted by Gasteiger charge is 2.15. The van der Waals surface area contributed by atoms with Gasteiger partial charge in [0, 0.05) is 11.3 Å². The third kappa shape index (κ3) is 4.14. The number of hydrogen-bond acceptors (Lipinski definition) is 5. The predicted molar refractivity (Wildman–Crippen MR) is 93.5 cm³/mol. The van der Waals surface area contributed by atoms with Crippen molar-refractivity contribution in [3.8, 4) is 22.9 Å². The maximum absolute atomic E-state index is 12.3. The molecule has 2 N–H and O–H groups in total. The van der Waals surface area contributed by atoms with Crippen LogP contribution in [0, 0.1) is 0 Å². The summed E-state index contributed by atoms with van der Waals surface area (Å²) >= 11 is 0. The van der Waals surface area contributed by atoms with Crippen LogP contribution in [-0.2, 0) is 4.79 Å². The number of methoxy groups -OCH3 is 1. The minimum Gasteiger partial charge on any atom is -0.497 e. The van der Waals surface area contributed by atoms with Gasteiger partial charge in [-0.15, -0.1) is 0 Å². The summed E-state index contributed by atoms with van der Waals surface area (Å²) < 4.78 is 10.7. The third-order valence-corrected chi connectivity index (χ3v) is 3.56. The Labute approximate surface area is 145 Å². The van der Waals surface area contributed by atoms with Crippen LogP contribution >= 0.6 is 0 Å². The lowest BCUT2D eigenvalue weighted by atomic mass is 10.2. The van der Waals surface area contributed by atoms with E-state index in [1.807, 2.05) is 18.2 Å². The van der Waals surface area contributed by atoms with Crippen LogP contribution in [0.25, 0.3) is 11.4 Å². The number of aromatic amines is 1. The van der Waals surface area contributed by atoms with E-state index in [0.29, 0.717) is 17.3 Å². The molecule has 7 heteroatoms. The highest BCUT2D eigenvalue weighted by Crippen LogP contribution is 2.20. The summed E-state index contributed by atoms with van der Waals surface area (Å²) in [6.07, 6.45) is 0.785. The van der Waals surface area contributed by atoms with Crippen molar-refractivity contribution in [1.29, 1.82) is 0 Å². The van der Waals surface area contributed by atoms with Crippen LogP contribution in [0.4, 0.5) is 5.69 Å². The van der Waals surface area contributed by atoms with E-state index in [4.69, 9.17) is 9.47 Å². The Morgan fingerprint density at radius 1 is 1.16 bits per heavy atom. The Morgan fingerprint density at radius 3 is 2.60 bits per heavy atom. The lowest BCUT2D eigenvalue weighted by molar-refractivity contribution is -0.122. The van der Waals surface area contributed by atoms with Gasteiger partial charge in [-0.1, -0.05) is 12.1 Å². The van der Waals surface area contributed by atoms with Gasteiger partial charge in [0.1, 0.15) is 17.8 Å². The highest BCUT2D eigenvalue weighted by atomic mass is 16.5. The first-order chi connectivity index (χ1) is 12.2. The molecule has 0 bridgehead atoms. The van der Waals surface area contributed by atoms with Crippen molar-refractivity contribution in [2.45, 2.75) is 13.0 Å². The first kappa shape index (κ1) is 16.5. The molecule has 0 aliphatic carbocycles. The summed E-state index contributed by atoms with van der Waals surface area (Å²) in [5, 5.41) is 9.45. The third-order valence-electron chi connectivity index (χ3n) is 3.56. The smallest absolute Gasteiger partial charge is 0.265 e. The second-order valence-electron chi connectivity index (χ2n) is 5.34. The lowest BCUT2D eigenvalue weighted by Crippen LogP contribution is -2.30. The average Bonchev–Trinajstić information content (AvgIpc) is 3.17. The predicted octanol–water partition coefficient (Wildman–Crippen LogP) is 2.89. The normalized spacial score (nSPS) is 11.6. The van der Waals surface area contributed by atoms with Crippen LogP contribution in [0.1, 0.15) is 6.92 Å². The van der Waals surface area contributed by atoms with E-state index in [9.17, 15) is 4.79 Å². The zero-order valence-corrected chi connectivity index (χ0v) is 13.9. The molecule has 1 heterocycles. The highest BCUT2D eigenvalue weighted by molar-refractivity contribution is 5.94. The van der Waals surface area contributed by atoms with Crippen molar-refractivity contribution >= 4 is 11.6 Å². The van der Waals surface area contributed by atoms with Gasteiger partial charge in [-0.05, 0) is 43.3 Å². The van der Waals surface area contributed by atoms with Crippen LogP contribution in [0.5, 0.6) is 11.5 Å². The number of aromatic nitrogens is 3. The minimum absolute atomic E-state index is 0.245. The van der Waals surface area contributed by atoms with Crippen LogP contribution in [0.3, 0.4) is 0 Å². The fraction of sp³-hybridized carbons (Fsp3) is 0.167. The zero-order valence-electron chi connectivity index (χ0n) is 13.9. The largest absolute Gasteiger partial charge is 0.497 e. The number of hydrogen-bond donors (Lipinski definition) is 2. The summed E-state index contributed by atoms with van der Waals surface area (Å²) in [7, 11) is 1.60. The number of nitrogens with one attached hydrogen (secondary N) is 2. The summed E-state index contributed by atoms with van der Waals surface area (Å²) in [6.45, 7) is 1.69. The Balaban J connectivity index is 1.64. The summed E-state index contributed by atoms with van der Waals surface area (Å²) in [4.78, 5) is 16.4. The molecule has 3 rings (SSSR count). The van der Waals surface area contributed by atoms with Gasteiger partial charge in [0.25, 0.3) is 5.91 Å². The van der Waals surface area contributed by atoms with Gasteiger partial charge in [0.2, 0.25) is 0 Å². The van der Waals surface area contributed by atoms with Crippen molar-refractivity contribution < 1.29 is 14.3 Å². The van der Waals surface area contributed by atoms with Crippen LogP contribution in [-0.4, -0.2) is 34.3 Å². The summed E-state index contributed by atoms with van der Waals surface area (Å²) in [6, 6.07) is 14.4. The fourth-order valence-corrected chi connectivity index (χ4v) is 2.24. The molecule has 1 aromatic heterocycles. The second-order valence-corrected chi connectivity index (χ2v) is 5.34. The molecule has 128 valence electrons. The fourth-order valence-electron chi connectivity index (χ4n) is 2.24. The number of carbonyl (C=O) groups is 1. The first-order valence-corrected chi connectivity index (χ1v) is 7.73. The molecule has 1 amide bonds. The molecule has 0 unspecified atom stereocenters. The van der Waals surface area contributed by atoms with Crippen LogP contribution < -0.4 is 14.8 Å². The van der Waals surface area contributed by atoms with E-state index < -0.39 is 6.10 Å². The number of H-pyrrole nitrogens is 1. The Bertz CT molecular complexity index is 832. The van der Waals surface area contributed by atoms with Crippen LogP contribution in [0.2, 0.25) is 0 Å². The van der Waals surface area contributed by atoms with E-state index in [-0.39, 0.29) is 5.91 Å². The van der Waals surface area contributed by atoms with E-state index >= 15 is 0 Å². The van der Waals surface area contributed by atoms with Crippen molar-refractivity contribution in [3.05, 3.63) is 54.9 Å². The van der Waals surface area contributed by atoms with Crippen molar-refractivity contribution in [3.63, 3.8) is 0 Å². The molecule has 25 heavy (non-hydrogen) atoms. The van der Waals surface area contributed by atoms with Gasteiger partial charge in [0.15, 0.2) is 11.9 Å². The molecule has 1 atom stereocenters. The monoisotopic (exact) mass is 338 g/mol. The summed E-state index contributed by atoms with van der Waals surface area (Å²) in [5.41, 5.74) is 1.49. The number of carbonyl (C=O) groups excluding carboxylic acids is 1. The topological polar surface area (TPSA) is 89.1 Å². The minimum atomic E-state index is -0.651. The van der Waals surface area contributed by atoms with Gasteiger partial charge in [-0.2, -0.15) is 5.10 Å². The molecule has 0 saturated carbocycles. The SMILES string of the molecule is COc1ccc(O[C@@H](C)C(=O)Nc2cccc(-c3ncn[nH]3)c2)cc1. The number of benzene rings is 2. The second kappa shape index (κ2) is 7.48. The summed E-state index contributed by atoms with van der Waals surface area (Å²) in [5.74, 6) is 1.72. The standard InChI is InChI=1S/C18H18N4O3/c1-12(25-16-8-6-15(24-2)7-9-16)18(23)21-14-5-3-4-13(10-14)17-19-11-20-22-17/h3-12H,1-2H3,(H,21,23)(H,19,20,22)/t12-/m0/s1. The molecule has 0 radical (unpaired) electrons. The Kier molecular flexibility index (Phi) is 4.94. The van der Waals surface area contributed by atoms with E-state index in [0.717, 1.165) is 11.3 Å². The number of anilines is 1. The maximum atomic E-state index is 12.3. The van der Waals surface area contributed by atoms with E-state index in [2.05, 4.69) is 20.5 Å². The molecular formula is C18H18N4O3. The average molecular weight is 338 g/mol. The van der Waals surface area contributed by atoms with Gasteiger partial charge in [-0.3, -0.25) is 9.89 Å². The quantitative estimate of drug-likeness (QED) is 0.721. The Hall–Kier alpha value is -3.35. The molecular weight excluding hydrogens is 320 g/mol. The first-order valence-electron chi connectivity index (χ1n) is 7.73. The van der Waals surface area contributed by atoms with Crippen molar-refractivity contribution in [1.82, 2.24) is 15.2 Å².